The number of halogens is 2. The highest BCUT2D eigenvalue weighted by atomic mass is 35.5. The Kier molecular flexibility index (Phi) is 4.72. The summed E-state index contributed by atoms with van der Waals surface area (Å²) >= 11 is 12.7. The molecule has 0 spiro atoms. The predicted molar refractivity (Wildman–Crippen MR) is 61.3 cm³/mol. The van der Waals surface area contributed by atoms with Crippen LogP contribution in [0, 0.1) is 0 Å². The van der Waals surface area contributed by atoms with Crippen molar-refractivity contribution in [3.63, 3.8) is 0 Å². The lowest BCUT2D eigenvalue weighted by Crippen LogP contribution is -1.99. The molecule has 5 heteroatoms. The van der Waals surface area contributed by atoms with Crippen molar-refractivity contribution in [1.29, 1.82) is 0 Å². The minimum Gasteiger partial charge on any atom is -0.280 e. The van der Waals surface area contributed by atoms with Crippen molar-refractivity contribution in [3.8, 4) is 0 Å². The monoisotopic (exact) mass is 249 g/mol. The van der Waals surface area contributed by atoms with E-state index in [1.54, 1.807) is 12.1 Å². The molecule has 0 aliphatic carbocycles. The summed E-state index contributed by atoms with van der Waals surface area (Å²) in [6.07, 6.45) is 0.939. The van der Waals surface area contributed by atoms with E-state index >= 15 is 0 Å². The second kappa shape index (κ2) is 5.59. The van der Waals surface area contributed by atoms with Crippen LogP contribution in [-0.4, -0.2) is 15.9 Å². The van der Waals surface area contributed by atoms with Crippen molar-refractivity contribution in [1.82, 2.24) is 4.98 Å². The van der Waals surface area contributed by atoms with E-state index in [1.807, 2.05) is 6.92 Å². The Hall–Kier alpha value is -0.250. The molecule has 0 aromatic carbocycles. The highest BCUT2D eigenvalue weighted by Crippen LogP contribution is 2.21. The van der Waals surface area contributed by atoms with Crippen molar-refractivity contribution in [2.24, 2.45) is 0 Å². The Bertz CT molecular complexity index is 344. The smallest absolute Gasteiger partial charge is 0.239 e. The maximum atomic E-state index is 11.5. The normalized spacial score (nSPS) is 10.2. The topological polar surface area (TPSA) is 30.0 Å². The maximum Gasteiger partial charge on any atom is 0.239 e. The fourth-order valence-electron chi connectivity index (χ4n) is 0.825. The summed E-state index contributed by atoms with van der Waals surface area (Å²) in [7, 11) is 0. The van der Waals surface area contributed by atoms with Gasteiger partial charge in [-0.3, -0.25) is 4.79 Å². The predicted octanol–water partition coefficient (Wildman–Crippen LogP) is 3.67. The van der Waals surface area contributed by atoms with Gasteiger partial charge in [-0.05, 0) is 18.6 Å². The molecule has 0 radical (unpaired) electrons. The van der Waals surface area contributed by atoms with Gasteiger partial charge in [-0.2, -0.15) is 0 Å². The van der Waals surface area contributed by atoms with Gasteiger partial charge in [0.25, 0.3) is 0 Å². The molecule has 2 nitrogen and oxygen atoms in total. The SMILES string of the molecule is CCCSC(=O)c1nc(Cl)ccc1Cl. The molecule has 0 N–H and O–H groups in total. The Morgan fingerprint density at radius 2 is 2.21 bits per heavy atom. The molecule has 0 amide bonds. The lowest BCUT2D eigenvalue weighted by Gasteiger charge is -2.01. The van der Waals surface area contributed by atoms with Crippen LogP contribution in [0.25, 0.3) is 0 Å². The molecule has 0 saturated heterocycles. The lowest BCUT2D eigenvalue weighted by molar-refractivity contribution is 0.108. The van der Waals surface area contributed by atoms with Crippen molar-refractivity contribution in [2.75, 3.05) is 5.75 Å². The molecule has 1 rings (SSSR count). The number of pyridine rings is 1. The van der Waals surface area contributed by atoms with Crippen LogP contribution >= 0.6 is 35.0 Å². The first kappa shape index (κ1) is 11.8. The van der Waals surface area contributed by atoms with Gasteiger partial charge in [0.05, 0.1) is 5.02 Å². The molecule has 0 bridgehead atoms. The summed E-state index contributed by atoms with van der Waals surface area (Å²) in [5.41, 5.74) is 0.248. The van der Waals surface area contributed by atoms with Gasteiger partial charge in [0, 0.05) is 5.75 Å². The van der Waals surface area contributed by atoms with E-state index in [9.17, 15) is 4.79 Å². The van der Waals surface area contributed by atoms with E-state index in [-0.39, 0.29) is 16.0 Å². The first-order valence-corrected chi connectivity index (χ1v) is 5.88. The molecule has 1 heterocycles. The summed E-state index contributed by atoms with van der Waals surface area (Å²) < 4.78 is 0. The third-order valence-corrected chi connectivity index (χ3v) is 3.03. The molecule has 76 valence electrons. The third-order valence-electron chi connectivity index (χ3n) is 1.44. The van der Waals surface area contributed by atoms with Gasteiger partial charge >= 0.3 is 0 Å². The number of aromatic nitrogens is 1. The zero-order valence-corrected chi connectivity index (χ0v) is 9.92. The van der Waals surface area contributed by atoms with E-state index in [0.29, 0.717) is 5.02 Å². The largest absolute Gasteiger partial charge is 0.280 e. The van der Waals surface area contributed by atoms with Gasteiger partial charge < -0.3 is 0 Å². The number of hydrogen-bond acceptors (Lipinski definition) is 3. The van der Waals surface area contributed by atoms with Gasteiger partial charge in [-0.25, -0.2) is 4.98 Å². The van der Waals surface area contributed by atoms with Crippen molar-refractivity contribution >= 4 is 40.1 Å². The van der Waals surface area contributed by atoms with Gasteiger partial charge in [-0.15, -0.1) is 0 Å². The van der Waals surface area contributed by atoms with Gasteiger partial charge in [0.1, 0.15) is 10.8 Å². The summed E-state index contributed by atoms with van der Waals surface area (Å²) in [5.74, 6) is 0.767. The van der Waals surface area contributed by atoms with Crippen LogP contribution in [0.1, 0.15) is 23.8 Å². The van der Waals surface area contributed by atoms with E-state index in [0.717, 1.165) is 12.2 Å². The Morgan fingerprint density at radius 1 is 1.50 bits per heavy atom. The second-order valence-electron chi connectivity index (χ2n) is 2.60. The standard InChI is InChI=1S/C9H9Cl2NOS/c1-2-5-14-9(13)8-6(10)3-4-7(11)12-8/h3-4H,2,5H2,1H3. The van der Waals surface area contributed by atoms with Crippen LogP contribution in [0.5, 0.6) is 0 Å². The van der Waals surface area contributed by atoms with E-state index < -0.39 is 0 Å². The zero-order valence-electron chi connectivity index (χ0n) is 7.59. The minimum atomic E-state index is -0.126. The van der Waals surface area contributed by atoms with Crippen LogP contribution in [-0.2, 0) is 0 Å². The van der Waals surface area contributed by atoms with Crippen LogP contribution in [0.4, 0.5) is 0 Å². The average molecular weight is 250 g/mol. The summed E-state index contributed by atoms with van der Waals surface area (Å²) in [6, 6.07) is 3.14. The Morgan fingerprint density at radius 3 is 2.86 bits per heavy atom. The highest BCUT2D eigenvalue weighted by molar-refractivity contribution is 8.14. The molecule has 1 aromatic rings. The Balaban J connectivity index is 2.83. The molecular weight excluding hydrogens is 241 g/mol. The summed E-state index contributed by atoms with van der Waals surface area (Å²) in [5, 5.41) is 0.511. The number of hydrogen-bond donors (Lipinski definition) is 0. The van der Waals surface area contributed by atoms with Crippen LogP contribution in [0.2, 0.25) is 10.2 Å². The van der Waals surface area contributed by atoms with Crippen LogP contribution < -0.4 is 0 Å². The molecule has 0 aliphatic rings. The van der Waals surface area contributed by atoms with Gasteiger partial charge in [0.15, 0.2) is 0 Å². The number of carbonyl (C=O) groups excluding carboxylic acids is 1. The number of rotatable bonds is 3. The van der Waals surface area contributed by atoms with Gasteiger partial charge in [0.2, 0.25) is 5.12 Å². The fourth-order valence-corrected chi connectivity index (χ4v) is 1.90. The van der Waals surface area contributed by atoms with E-state index in [1.165, 1.54) is 11.8 Å². The first-order chi connectivity index (χ1) is 6.65. The highest BCUT2D eigenvalue weighted by Gasteiger charge is 2.12. The molecular formula is C9H9Cl2NOS. The Labute approximate surface area is 97.0 Å². The van der Waals surface area contributed by atoms with E-state index in [2.05, 4.69) is 4.98 Å². The van der Waals surface area contributed by atoms with Crippen LogP contribution in [0.15, 0.2) is 12.1 Å². The fraction of sp³-hybridized carbons (Fsp3) is 0.333. The lowest BCUT2D eigenvalue weighted by atomic mass is 10.4. The molecule has 14 heavy (non-hydrogen) atoms. The molecule has 0 unspecified atom stereocenters. The summed E-state index contributed by atoms with van der Waals surface area (Å²) in [6.45, 7) is 2.01. The molecule has 0 fully saturated rings. The molecule has 0 saturated carbocycles. The van der Waals surface area contributed by atoms with Crippen molar-refractivity contribution in [2.45, 2.75) is 13.3 Å². The number of nitrogens with zero attached hydrogens (tertiary/aromatic N) is 1. The zero-order chi connectivity index (χ0) is 10.6. The number of carbonyl (C=O) groups is 1. The number of thioether (sulfide) groups is 1. The maximum absolute atomic E-state index is 11.5. The first-order valence-electron chi connectivity index (χ1n) is 4.14. The minimum absolute atomic E-state index is 0.126. The average Bonchev–Trinajstić information content (AvgIpc) is 2.18. The molecule has 0 atom stereocenters. The third kappa shape index (κ3) is 3.15. The molecule has 0 aliphatic heterocycles. The summed E-state index contributed by atoms with van der Waals surface area (Å²) in [4.78, 5) is 15.4. The molecule has 1 aromatic heterocycles. The van der Waals surface area contributed by atoms with Crippen LogP contribution in [0.3, 0.4) is 0 Å². The quantitative estimate of drug-likeness (QED) is 0.766. The van der Waals surface area contributed by atoms with Gasteiger partial charge in [-0.1, -0.05) is 41.9 Å². The van der Waals surface area contributed by atoms with Crippen molar-refractivity contribution < 1.29 is 4.79 Å². The van der Waals surface area contributed by atoms with Crippen molar-refractivity contribution in [3.05, 3.63) is 28.0 Å². The van der Waals surface area contributed by atoms with E-state index in [4.69, 9.17) is 23.2 Å². The second-order valence-corrected chi connectivity index (χ2v) is 4.46.